The number of hydrogen-bond acceptors (Lipinski definition) is 4. The first-order valence-corrected chi connectivity index (χ1v) is 7.61. The Labute approximate surface area is 102 Å². The molecule has 2 rings (SSSR count). The van der Waals surface area contributed by atoms with Crippen molar-refractivity contribution < 1.29 is 13.2 Å². The van der Waals surface area contributed by atoms with Crippen molar-refractivity contribution in [3.63, 3.8) is 0 Å². The Kier molecular flexibility index (Phi) is 3.57. The van der Waals surface area contributed by atoms with E-state index in [2.05, 4.69) is 5.32 Å². The van der Waals surface area contributed by atoms with Crippen molar-refractivity contribution in [2.45, 2.75) is 19.4 Å². The number of benzene rings is 1. The van der Waals surface area contributed by atoms with Crippen molar-refractivity contribution in [3.8, 4) is 5.75 Å². The van der Waals surface area contributed by atoms with Crippen molar-refractivity contribution in [2.75, 3.05) is 23.4 Å². The average molecular weight is 255 g/mol. The summed E-state index contributed by atoms with van der Waals surface area (Å²) in [5, 5.41) is 3.25. The topological polar surface area (TPSA) is 55.4 Å². The van der Waals surface area contributed by atoms with Gasteiger partial charge in [-0.05, 0) is 25.5 Å². The quantitative estimate of drug-likeness (QED) is 0.889. The van der Waals surface area contributed by atoms with E-state index in [1.165, 1.54) is 0 Å². The summed E-state index contributed by atoms with van der Waals surface area (Å²) in [6.07, 6.45) is 0.669. The molecule has 94 valence electrons. The first kappa shape index (κ1) is 12.2. The predicted molar refractivity (Wildman–Crippen MR) is 68.3 cm³/mol. The van der Waals surface area contributed by atoms with Crippen LogP contribution in [0.3, 0.4) is 0 Å². The summed E-state index contributed by atoms with van der Waals surface area (Å²) in [4.78, 5) is 0. The van der Waals surface area contributed by atoms with Crippen LogP contribution in [-0.2, 0) is 9.84 Å². The molecule has 1 saturated heterocycles. The van der Waals surface area contributed by atoms with E-state index in [0.717, 1.165) is 11.4 Å². The Bertz CT molecular complexity index is 484. The maximum atomic E-state index is 11.4. The second kappa shape index (κ2) is 4.96. The minimum Gasteiger partial charge on any atom is -0.492 e. The van der Waals surface area contributed by atoms with Crippen molar-refractivity contribution in [1.29, 1.82) is 0 Å². The highest BCUT2D eigenvalue weighted by atomic mass is 32.2. The lowest BCUT2D eigenvalue weighted by Crippen LogP contribution is -2.20. The van der Waals surface area contributed by atoms with Gasteiger partial charge in [-0.2, -0.15) is 0 Å². The highest BCUT2D eigenvalue weighted by Gasteiger charge is 2.28. The molecule has 17 heavy (non-hydrogen) atoms. The largest absolute Gasteiger partial charge is 0.492 e. The third kappa shape index (κ3) is 3.12. The SMILES string of the molecule is CCOc1ccccc1NC1CCS(=O)(=O)C1. The summed E-state index contributed by atoms with van der Waals surface area (Å²) in [6, 6.07) is 7.61. The minimum atomic E-state index is -2.84. The number of hydrogen-bond donors (Lipinski definition) is 1. The maximum Gasteiger partial charge on any atom is 0.152 e. The molecule has 1 heterocycles. The number of anilines is 1. The fraction of sp³-hybridized carbons (Fsp3) is 0.500. The molecule has 1 N–H and O–H groups in total. The highest BCUT2D eigenvalue weighted by Crippen LogP contribution is 2.26. The molecule has 1 aliphatic rings. The van der Waals surface area contributed by atoms with Crippen LogP contribution < -0.4 is 10.1 Å². The predicted octanol–water partition coefficient (Wildman–Crippen LogP) is 1.68. The second-order valence-corrected chi connectivity index (χ2v) is 6.40. The molecule has 0 aromatic heterocycles. The molecule has 1 aromatic rings. The van der Waals surface area contributed by atoms with E-state index >= 15 is 0 Å². The van der Waals surface area contributed by atoms with Gasteiger partial charge in [0.25, 0.3) is 0 Å². The summed E-state index contributed by atoms with van der Waals surface area (Å²) in [7, 11) is -2.84. The molecule has 1 aliphatic heterocycles. The third-order valence-electron chi connectivity index (χ3n) is 2.78. The number of para-hydroxylation sites is 2. The van der Waals surface area contributed by atoms with Gasteiger partial charge in [-0.3, -0.25) is 0 Å². The van der Waals surface area contributed by atoms with Crippen LogP contribution in [0.5, 0.6) is 5.75 Å². The Morgan fingerprint density at radius 2 is 2.18 bits per heavy atom. The van der Waals surface area contributed by atoms with Gasteiger partial charge in [0, 0.05) is 6.04 Å². The zero-order valence-corrected chi connectivity index (χ0v) is 10.7. The van der Waals surface area contributed by atoms with Crippen LogP contribution in [0, 0.1) is 0 Å². The summed E-state index contributed by atoms with van der Waals surface area (Å²) in [6.45, 7) is 2.53. The molecule has 1 aromatic carbocycles. The standard InChI is InChI=1S/C12H17NO3S/c1-2-16-12-6-4-3-5-11(12)13-10-7-8-17(14,15)9-10/h3-6,10,13H,2,7-9H2,1H3. The lowest BCUT2D eigenvalue weighted by Gasteiger charge is -2.16. The lowest BCUT2D eigenvalue weighted by molar-refractivity contribution is 0.341. The van der Waals surface area contributed by atoms with E-state index in [-0.39, 0.29) is 17.5 Å². The first-order chi connectivity index (χ1) is 8.11. The first-order valence-electron chi connectivity index (χ1n) is 5.79. The van der Waals surface area contributed by atoms with E-state index in [9.17, 15) is 8.42 Å². The molecule has 0 spiro atoms. The summed E-state index contributed by atoms with van der Waals surface area (Å²) < 4.78 is 28.2. The van der Waals surface area contributed by atoms with Gasteiger partial charge in [0.15, 0.2) is 9.84 Å². The molecule has 1 fully saturated rings. The van der Waals surface area contributed by atoms with Gasteiger partial charge in [-0.1, -0.05) is 12.1 Å². The average Bonchev–Trinajstić information content (AvgIpc) is 2.61. The van der Waals surface area contributed by atoms with Gasteiger partial charge in [0.05, 0.1) is 23.8 Å². The van der Waals surface area contributed by atoms with Crippen LogP contribution >= 0.6 is 0 Å². The van der Waals surface area contributed by atoms with Crippen molar-refractivity contribution in [1.82, 2.24) is 0 Å². The zero-order chi connectivity index (χ0) is 12.3. The van der Waals surface area contributed by atoms with Crippen LogP contribution in [0.2, 0.25) is 0 Å². The highest BCUT2D eigenvalue weighted by molar-refractivity contribution is 7.91. The number of rotatable bonds is 4. The molecule has 1 unspecified atom stereocenters. The number of ether oxygens (including phenoxy) is 1. The smallest absolute Gasteiger partial charge is 0.152 e. The monoisotopic (exact) mass is 255 g/mol. The van der Waals surface area contributed by atoms with Crippen molar-refractivity contribution in [2.24, 2.45) is 0 Å². The van der Waals surface area contributed by atoms with Crippen LogP contribution in [0.1, 0.15) is 13.3 Å². The fourth-order valence-electron chi connectivity index (χ4n) is 2.00. The normalized spacial score (nSPS) is 22.3. The van der Waals surface area contributed by atoms with Crippen molar-refractivity contribution in [3.05, 3.63) is 24.3 Å². The van der Waals surface area contributed by atoms with Crippen LogP contribution in [0.4, 0.5) is 5.69 Å². The molecule has 0 saturated carbocycles. The van der Waals surface area contributed by atoms with E-state index in [1.54, 1.807) is 0 Å². The second-order valence-electron chi connectivity index (χ2n) is 4.17. The zero-order valence-electron chi connectivity index (χ0n) is 9.85. The summed E-state index contributed by atoms with van der Waals surface area (Å²) in [5.74, 6) is 1.27. The molecule has 0 amide bonds. The molecule has 0 bridgehead atoms. The number of nitrogens with one attached hydrogen (secondary N) is 1. The van der Waals surface area contributed by atoms with Gasteiger partial charge in [0.2, 0.25) is 0 Å². The molecular weight excluding hydrogens is 238 g/mol. The Hall–Kier alpha value is -1.23. The van der Waals surface area contributed by atoms with Crippen LogP contribution in [0.15, 0.2) is 24.3 Å². The summed E-state index contributed by atoms with van der Waals surface area (Å²) in [5.41, 5.74) is 0.872. The Balaban J connectivity index is 2.08. The summed E-state index contributed by atoms with van der Waals surface area (Å²) >= 11 is 0. The number of sulfone groups is 1. The Morgan fingerprint density at radius 1 is 1.41 bits per heavy atom. The Morgan fingerprint density at radius 3 is 2.82 bits per heavy atom. The van der Waals surface area contributed by atoms with Gasteiger partial charge in [-0.25, -0.2) is 8.42 Å². The van der Waals surface area contributed by atoms with E-state index in [0.29, 0.717) is 13.0 Å². The van der Waals surface area contributed by atoms with Gasteiger partial charge in [0.1, 0.15) is 5.75 Å². The van der Waals surface area contributed by atoms with E-state index < -0.39 is 9.84 Å². The third-order valence-corrected chi connectivity index (χ3v) is 4.55. The molecule has 0 aliphatic carbocycles. The van der Waals surface area contributed by atoms with Crippen LogP contribution in [-0.4, -0.2) is 32.6 Å². The minimum absolute atomic E-state index is 0.00149. The van der Waals surface area contributed by atoms with Crippen molar-refractivity contribution >= 4 is 15.5 Å². The van der Waals surface area contributed by atoms with Crippen LogP contribution in [0.25, 0.3) is 0 Å². The molecule has 4 nitrogen and oxygen atoms in total. The molecule has 0 radical (unpaired) electrons. The lowest BCUT2D eigenvalue weighted by atomic mass is 10.2. The van der Waals surface area contributed by atoms with Gasteiger partial charge >= 0.3 is 0 Å². The fourth-order valence-corrected chi connectivity index (χ4v) is 3.67. The van der Waals surface area contributed by atoms with E-state index in [4.69, 9.17) is 4.74 Å². The van der Waals surface area contributed by atoms with Gasteiger partial charge < -0.3 is 10.1 Å². The van der Waals surface area contributed by atoms with E-state index in [1.807, 2.05) is 31.2 Å². The molecule has 1 atom stereocenters. The van der Waals surface area contributed by atoms with Gasteiger partial charge in [-0.15, -0.1) is 0 Å². The molecule has 5 heteroatoms. The molecular formula is C12H17NO3S. The maximum absolute atomic E-state index is 11.4.